The molecule has 0 saturated heterocycles. The Morgan fingerprint density at radius 1 is 1.38 bits per heavy atom. The summed E-state index contributed by atoms with van der Waals surface area (Å²) < 4.78 is 6.42. The predicted molar refractivity (Wildman–Crippen MR) is 83.8 cm³/mol. The van der Waals surface area contributed by atoms with Crippen molar-refractivity contribution < 1.29 is 9.21 Å². The van der Waals surface area contributed by atoms with Crippen molar-refractivity contribution in [1.29, 1.82) is 0 Å². The molecular weight excluding hydrogens is 354 g/mol. The van der Waals surface area contributed by atoms with Crippen LogP contribution in [0.5, 0.6) is 0 Å². The maximum absolute atomic E-state index is 12.2. The molecule has 106 valence electrons. The summed E-state index contributed by atoms with van der Waals surface area (Å²) in [4.78, 5) is 12.2. The number of hydrogen-bond donors (Lipinski definition) is 1. The van der Waals surface area contributed by atoms with Crippen molar-refractivity contribution in [2.24, 2.45) is 0 Å². The Balaban J connectivity index is 1.58. The van der Waals surface area contributed by atoms with Crippen LogP contribution in [0.3, 0.4) is 0 Å². The maximum atomic E-state index is 12.2. The molecule has 4 rings (SSSR count). The first kappa shape index (κ1) is 13.0. The summed E-state index contributed by atoms with van der Waals surface area (Å²) in [5.41, 5.74) is 0.665. The number of rotatable bonds is 3. The first-order chi connectivity index (χ1) is 10.2. The second-order valence-electron chi connectivity index (χ2n) is 4.94. The van der Waals surface area contributed by atoms with E-state index in [1.165, 1.54) is 24.2 Å². The number of aromatic nitrogens is 2. The number of fused-ring (bicyclic) bond motifs is 1. The largest absolute Gasteiger partial charge is 0.450 e. The molecule has 1 saturated carbocycles. The quantitative estimate of drug-likeness (QED) is 0.757. The monoisotopic (exact) mass is 363 g/mol. The predicted octanol–water partition coefficient (Wildman–Crippen LogP) is 4.18. The summed E-state index contributed by atoms with van der Waals surface area (Å²) in [7, 11) is 0. The zero-order chi connectivity index (χ0) is 14.4. The molecule has 1 aliphatic rings. The van der Waals surface area contributed by atoms with Gasteiger partial charge >= 0.3 is 0 Å². The fraction of sp³-hybridized carbons (Fsp3) is 0.214. The summed E-state index contributed by atoms with van der Waals surface area (Å²) in [6, 6.07) is 7.39. The fourth-order valence-electron chi connectivity index (χ4n) is 2.08. The minimum absolute atomic E-state index is 0.264. The third-order valence-corrected chi connectivity index (χ3v) is 4.93. The highest BCUT2D eigenvalue weighted by Gasteiger charge is 2.28. The Labute approximate surface area is 132 Å². The number of para-hydroxylation sites is 1. The van der Waals surface area contributed by atoms with Gasteiger partial charge in [-0.3, -0.25) is 10.1 Å². The van der Waals surface area contributed by atoms with Crippen molar-refractivity contribution in [3.05, 3.63) is 39.5 Å². The molecule has 0 radical (unpaired) electrons. The molecule has 0 atom stereocenters. The van der Waals surface area contributed by atoms with E-state index in [4.69, 9.17) is 4.42 Å². The van der Waals surface area contributed by atoms with Gasteiger partial charge in [0.25, 0.3) is 5.91 Å². The van der Waals surface area contributed by atoms with Crippen molar-refractivity contribution in [2.75, 3.05) is 5.32 Å². The van der Waals surface area contributed by atoms with Crippen molar-refractivity contribution in [3.63, 3.8) is 0 Å². The van der Waals surface area contributed by atoms with Gasteiger partial charge in [0.05, 0.1) is 4.47 Å². The number of carbonyl (C=O) groups excluding carboxylic acids is 1. The van der Waals surface area contributed by atoms with E-state index in [0.717, 1.165) is 14.9 Å². The highest BCUT2D eigenvalue weighted by atomic mass is 79.9. The summed E-state index contributed by atoms with van der Waals surface area (Å²) >= 11 is 4.84. The Morgan fingerprint density at radius 3 is 3.00 bits per heavy atom. The third-order valence-electron chi connectivity index (χ3n) is 3.31. The first-order valence-electron chi connectivity index (χ1n) is 6.53. The number of carbonyl (C=O) groups is 1. The average Bonchev–Trinajstić information content (AvgIpc) is 3.05. The lowest BCUT2D eigenvalue weighted by Crippen LogP contribution is -2.10. The second kappa shape index (κ2) is 4.92. The normalized spacial score (nSPS) is 14.5. The lowest BCUT2D eigenvalue weighted by atomic mass is 10.2. The van der Waals surface area contributed by atoms with Gasteiger partial charge in [0.2, 0.25) is 5.13 Å². The van der Waals surface area contributed by atoms with Crippen LogP contribution in [0.4, 0.5) is 5.13 Å². The summed E-state index contributed by atoms with van der Waals surface area (Å²) in [6.07, 6.45) is 2.33. The molecule has 2 heterocycles. The van der Waals surface area contributed by atoms with E-state index in [-0.39, 0.29) is 11.7 Å². The molecule has 0 aliphatic heterocycles. The van der Waals surface area contributed by atoms with Gasteiger partial charge in [-0.2, -0.15) is 0 Å². The van der Waals surface area contributed by atoms with Gasteiger partial charge in [0, 0.05) is 11.3 Å². The van der Waals surface area contributed by atoms with Gasteiger partial charge < -0.3 is 4.42 Å². The molecule has 7 heteroatoms. The van der Waals surface area contributed by atoms with E-state index in [1.807, 2.05) is 18.2 Å². The summed E-state index contributed by atoms with van der Waals surface area (Å²) in [6.45, 7) is 0. The van der Waals surface area contributed by atoms with Crippen LogP contribution in [-0.4, -0.2) is 16.1 Å². The van der Waals surface area contributed by atoms with Crippen LogP contribution in [0, 0.1) is 0 Å². The van der Waals surface area contributed by atoms with Gasteiger partial charge in [-0.05, 0) is 40.9 Å². The van der Waals surface area contributed by atoms with Crippen molar-refractivity contribution >= 4 is 49.3 Å². The van der Waals surface area contributed by atoms with Crippen LogP contribution >= 0.6 is 27.3 Å². The van der Waals surface area contributed by atoms with E-state index in [9.17, 15) is 4.79 Å². The van der Waals surface area contributed by atoms with Crippen molar-refractivity contribution in [3.8, 4) is 0 Å². The molecular formula is C14H10BrN3O2S. The van der Waals surface area contributed by atoms with Gasteiger partial charge in [-0.1, -0.05) is 23.5 Å². The lowest BCUT2D eigenvalue weighted by molar-refractivity contribution is 0.0998. The standard InChI is InChI=1S/C14H10BrN3O2S/c15-9-3-1-2-8-6-10(20-11(8)9)12(19)16-14-18-17-13(21-14)7-4-5-7/h1-3,6-7H,4-5H2,(H,16,18,19). The van der Waals surface area contributed by atoms with Gasteiger partial charge in [0.15, 0.2) is 5.76 Å². The Hall–Kier alpha value is -1.73. The molecule has 0 unspecified atom stereocenters. The van der Waals surface area contributed by atoms with E-state index in [0.29, 0.717) is 16.6 Å². The zero-order valence-corrected chi connectivity index (χ0v) is 13.2. The number of anilines is 1. The third kappa shape index (κ3) is 2.47. The Bertz CT molecular complexity index is 838. The molecule has 2 aromatic heterocycles. The van der Waals surface area contributed by atoms with Crippen LogP contribution in [0.2, 0.25) is 0 Å². The zero-order valence-electron chi connectivity index (χ0n) is 10.8. The van der Waals surface area contributed by atoms with E-state index >= 15 is 0 Å². The van der Waals surface area contributed by atoms with Crippen molar-refractivity contribution in [1.82, 2.24) is 10.2 Å². The molecule has 5 nitrogen and oxygen atoms in total. The molecule has 21 heavy (non-hydrogen) atoms. The molecule has 1 fully saturated rings. The topological polar surface area (TPSA) is 68.0 Å². The number of amides is 1. The van der Waals surface area contributed by atoms with Crippen LogP contribution in [-0.2, 0) is 0 Å². The van der Waals surface area contributed by atoms with E-state index in [1.54, 1.807) is 6.07 Å². The van der Waals surface area contributed by atoms with Crippen LogP contribution < -0.4 is 5.32 Å². The van der Waals surface area contributed by atoms with Gasteiger partial charge in [-0.15, -0.1) is 10.2 Å². The van der Waals surface area contributed by atoms with Gasteiger partial charge in [0.1, 0.15) is 10.6 Å². The molecule has 0 bridgehead atoms. The number of halogens is 1. The van der Waals surface area contributed by atoms with Gasteiger partial charge in [-0.25, -0.2) is 0 Å². The van der Waals surface area contributed by atoms with Crippen LogP contribution in [0.15, 0.2) is 33.2 Å². The highest BCUT2D eigenvalue weighted by Crippen LogP contribution is 2.42. The number of furan rings is 1. The molecule has 1 aliphatic carbocycles. The summed E-state index contributed by atoms with van der Waals surface area (Å²) in [5.74, 6) is 0.493. The number of nitrogens with one attached hydrogen (secondary N) is 1. The Morgan fingerprint density at radius 2 is 2.24 bits per heavy atom. The van der Waals surface area contributed by atoms with Crippen molar-refractivity contribution in [2.45, 2.75) is 18.8 Å². The molecule has 1 aromatic carbocycles. The average molecular weight is 364 g/mol. The minimum atomic E-state index is -0.309. The minimum Gasteiger partial charge on any atom is -0.450 e. The number of nitrogens with zero attached hydrogens (tertiary/aromatic N) is 2. The smallest absolute Gasteiger partial charge is 0.293 e. The first-order valence-corrected chi connectivity index (χ1v) is 8.14. The highest BCUT2D eigenvalue weighted by molar-refractivity contribution is 9.10. The molecule has 1 N–H and O–H groups in total. The molecule has 1 amide bonds. The lowest BCUT2D eigenvalue weighted by Gasteiger charge is -1.96. The second-order valence-corrected chi connectivity index (χ2v) is 6.81. The molecule has 3 aromatic rings. The van der Waals surface area contributed by atoms with E-state index in [2.05, 4.69) is 31.4 Å². The SMILES string of the molecule is O=C(Nc1nnc(C2CC2)s1)c1cc2cccc(Br)c2o1. The van der Waals surface area contributed by atoms with E-state index < -0.39 is 0 Å². The number of hydrogen-bond acceptors (Lipinski definition) is 5. The Kier molecular flexibility index (Phi) is 3.04. The molecule has 0 spiro atoms. The van der Waals surface area contributed by atoms with Crippen LogP contribution in [0.1, 0.15) is 34.3 Å². The maximum Gasteiger partial charge on any atom is 0.293 e. The summed E-state index contributed by atoms with van der Waals surface area (Å²) in [5, 5.41) is 13.2. The van der Waals surface area contributed by atoms with Crippen LogP contribution in [0.25, 0.3) is 11.0 Å². The number of benzene rings is 1. The fourth-order valence-corrected chi connectivity index (χ4v) is 3.45.